The number of hydrogen-bond donors (Lipinski definition) is 0. The summed E-state index contributed by atoms with van der Waals surface area (Å²) in [6.07, 6.45) is 22.9. The van der Waals surface area contributed by atoms with Crippen LogP contribution in [0.4, 0.5) is 0 Å². The Morgan fingerprint density at radius 2 is 0.958 bits per heavy atom. The second-order valence-electron chi connectivity index (χ2n) is 8.14. The molecule has 0 bridgehead atoms. The van der Waals surface area contributed by atoms with Crippen molar-refractivity contribution in [1.82, 2.24) is 10.1 Å². The van der Waals surface area contributed by atoms with Crippen LogP contribution in [0.3, 0.4) is 0 Å². The molecule has 136 valence electrons. The first-order chi connectivity index (χ1) is 11.9. The van der Waals surface area contributed by atoms with Gasteiger partial charge in [0.25, 0.3) is 0 Å². The van der Waals surface area contributed by atoms with Crippen molar-refractivity contribution in [2.45, 2.75) is 121 Å². The van der Waals surface area contributed by atoms with Gasteiger partial charge in [0.2, 0.25) is 5.89 Å². The highest BCUT2D eigenvalue weighted by Gasteiger charge is 2.23. The molecule has 2 saturated carbocycles. The molecule has 2 aliphatic rings. The number of aromatic nitrogens is 2. The van der Waals surface area contributed by atoms with Crippen LogP contribution in [-0.2, 0) is 0 Å². The van der Waals surface area contributed by atoms with E-state index in [2.05, 4.69) is 5.16 Å². The van der Waals surface area contributed by atoms with Gasteiger partial charge in [-0.2, -0.15) is 4.98 Å². The Morgan fingerprint density at radius 3 is 1.46 bits per heavy atom. The molecule has 1 aromatic rings. The first-order valence-electron chi connectivity index (χ1n) is 10.8. The number of nitrogens with zero attached hydrogens (tertiary/aromatic N) is 2. The lowest BCUT2D eigenvalue weighted by Gasteiger charge is -2.15. The van der Waals surface area contributed by atoms with E-state index in [0.29, 0.717) is 11.8 Å². The Hall–Kier alpha value is -0.860. The van der Waals surface area contributed by atoms with E-state index in [0.717, 1.165) is 11.7 Å². The maximum Gasteiger partial charge on any atom is 0.229 e. The van der Waals surface area contributed by atoms with E-state index in [1.807, 2.05) is 0 Å². The van der Waals surface area contributed by atoms with Crippen molar-refractivity contribution in [3.05, 3.63) is 11.7 Å². The van der Waals surface area contributed by atoms with Crippen molar-refractivity contribution in [2.75, 3.05) is 0 Å². The lowest BCUT2D eigenvalue weighted by molar-refractivity contribution is 0.327. The van der Waals surface area contributed by atoms with Crippen molar-refractivity contribution in [3.63, 3.8) is 0 Å². The topological polar surface area (TPSA) is 38.9 Å². The molecule has 0 aliphatic heterocycles. The van der Waals surface area contributed by atoms with Crippen LogP contribution < -0.4 is 0 Å². The second-order valence-corrected chi connectivity index (χ2v) is 8.14. The summed E-state index contributed by atoms with van der Waals surface area (Å²) in [7, 11) is 0. The van der Waals surface area contributed by atoms with Crippen LogP contribution >= 0.6 is 0 Å². The Bertz CT molecular complexity index is 436. The van der Waals surface area contributed by atoms with Gasteiger partial charge in [0.05, 0.1) is 0 Å². The van der Waals surface area contributed by atoms with Gasteiger partial charge < -0.3 is 4.52 Å². The van der Waals surface area contributed by atoms with Crippen molar-refractivity contribution in [1.29, 1.82) is 0 Å². The molecule has 1 heterocycles. The third-order valence-electron chi connectivity index (χ3n) is 6.13. The summed E-state index contributed by atoms with van der Waals surface area (Å²) in [6, 6.07) is 0. The maximum absolute atomic E-state index is 5.76. The summed E-state index contributed by atoms with van der Waals surface area (Å²) in [5.74, 6) is 3.02. The number of hydrogen-bond acceptors (Lipinski definition) is 3. The van der Waals surface area contributed by atoms with Crippen LogP contribution in [0.2, 0.25) is 0 Å². The van der Waals surface area contributed by atoms with Gasteiger partial charge in [-0.15, -0.1) is 0 Å². The minimum atomic E-state index is 0.517. The number of rotatable bonds is 2. The fourth-order valence-electron chi connectivity index (χ4n) is 4.53. The lowest BCUT2D eigenvalue weighted by atomic mass is 9.91. The first-order valence-corrected chi connectivity index (χ1v) is 10.8. The SMILES string of the molecule is C1CCCCC(c2noc(C3CCCCCCCC3)n2)CCCC1. The lowest BCUT2D eigenvalue weighted by Crippen LogP contribution is -2.04. The van der Waals surface area contributed by atoms with Gasteiger partial charge in [-0.3, -0.25) is 0 Å². The molecular weight excluding hydrogens is 296 g/mol. The van der Waals surface area contributed by atoms with Gasteiger partial charge in [-0.25, -0.2) is 0 Å². The van der Waals surface area contributed by atoms with Crippen LogP contribution in [0.5, 0.6) is 0 Å². The fourth-order valence-corrected chi connectivity index (χ4v) is 4.53. The molecule has 0 N–H and O–H groups in total. The Balaban J connectivity index is 1.61. The molecule has 0 unspecified atom stereocenters. The van der Waals surface area contributed by atoms with Gasteiger partial charge in [0, 0.05) is 11.8 Å². The summed E-state index contributed by atoms with van der Waals surface area (Å²) in [5, 5.41) is 4.43. The molecule has 0 spiro atoms. The van der Waals surface area contributed by atoms with Crippen LogP contribution in [0.25, 0.3) is 0 Å². The molecule has 3 heteroatoms. The Morgan fingerprint density at radius 1 is 0.542 bits per heavy atom. The third-order valence-corrected chi connectivity index (χ3v) is 6.13. The summed E-state index contributed by atoms with van der Waals surface area (Å²) in [4.78, 5) is 4.91. The van der Waals surface area contributed by atoms with Crippen LogP contribution in [-0.4, -0.2) is 10.1 Å². The van der Waals surface area contributed by atoms with E-state index in [4.69, 9.17) is 9.51 Å². The molecule has 0 atom stereocenters. The minimum Gasteiger partial charge on any atom is -0.339 e. The molecule has 0 aromatic carbocycles. The molecule has 2 fully saturated rings. The van der Waals surface area contributed by atoms with E-state index in [-0.39, 0.29) is 0 Å². The summed E-state index contributed by atoms with van der Waals surface area (Å²) in [5.41, 5.74) is 0. The molecule has 3 rings (SSSR count). The first kappa shape index (κ1) is 17.9. The molecule has 24 heavy (non-hydrogen) atoms. The van der Waals surface area contributed by atoms with Crippen molar-refractivity contribution >= 4 is 0 Å². The van der Waals surface area contributed by atoms with Crippen molar-refractivity contribution in [3.8, 4) is 0 Å². The zero-order chi connectivity index (χ0) is 16.5. The monoisotopic (exact) mass is 332 g/mol. The summed E-state index contributed by atoms with van der Waals surface area (Å²) >= 11 is 0. The van der Waals surface area contributed by atoms with Gasteiger partial charge in [0.1, 0.15) is 0 Å². The molecule has 3 nitrogen and oxygen atoms in total. The average Bonchev–Trinajstić information content (AvgIpc) is 3.13. The van der Waals surface area contributed by atoms with Crippen LogP contribution in [0.15, 0.2) is 4.52 Å². The van der Waals surface area contributed by atoms with Gasteiger partial charge in [-0.1, -0.05) is 88.6 Å². The van der Waals surface area contributed by atoms with E-state index in [1.165, 1.54) is 109 Å². The molecule has 2 aliphatic carbocycles. The Labute approximate surface area is 148 Å². The highest BCUT2D eigenvalue weighted by Crippen LogP contribution is 2.32. The normalized spacial score (nSPS) is 24.0. The Kier molecular flexibility index (Phi) is 7.63. The highest BCUT2D eigenvalue weighted by molar-refractivity contribution is 4.99. The van der Waals surface area contributed by atoms with E-state index < -0.39 is 0 Å². The third kappa shape index (κ3) is 5.60. The summed E-state index contributed by atoms with van der Waals surface area (Å²) in [6.45, 7) is 0. The largest absolute Gasteiger partial charge is 0.339 e. The standard InChI is InChI=1S/C21H36N2O/c1-2-6-10-14-18(15-11-7-3-1)20-22-21(24-23-20)19-16-12-8-4-5-9-13-17-19/h18-19H,1-17H2. The fraction of sp³-hybridized carbons (Fsp3) is 0.905. The van der Waals surface area contributed by atoms with Gasteiger partial charge in [0.15, 0.2) is 5.82 Å². The highest BCUT2D eigenvalue weighted by atomic mass is 16.5. The van der Waals surface area contributed by atoms with Crippen LogP contribution in [0, 0.1) is 0 Å². The molecule has 0 radical (unpaired) electrons. The van der Waals surface area contributed by atoms with Crippen molar-refractivity contribution in [2.24, 2.45) is 0 Å². The van der Waals surface area contributed by atoms with Gasteiger partial charge in [-0.05, 0) is 25.7 Å². The van der Waals surface area contributed by atoms with E-state index in [1.54, 1.807) is 0 Å². The molecular formula is C21H36N2O. The molecule has 1 aromatic heterocycles. The summed E-state index contributed by atoms with van der Waals surface area (Å²) < 4.78 is 5.76. The predicted octanol–water partition coefficient (Wildman–Crippen LogP) is 6.90. The zero-order valence-electron chi connectivity index (χ0n) is 15.5. The maximum atomic E-state index is 5.76. The second kappa shape index (κ2) is 10.2. The van der Waals surface area contributed by atoms with Crippen molar-refractivity contribution < 1.29 is 4.52 Å². The smallest absolute Gasteiger partial charge is 0.229 e. The van der Waals surface area contributed by atoms with Gasteiger partial charge >= 0.3 is 0 Å². The molecule has 0 amide bonds. The predicted molar refractivity (Wildman–Crippen MR) is 98.3 cm³/mol. The quantitative estimate of drug-likeness (QED) is 0.591. The van der Waals surface area contributed by atoms with E-state index in [9.17, 15) is 0 Å². The minimum absolute atomic E-state index is 0.517. The molecule has 0 saturated heterocycles. The van der Waals surface area contributed by atoms with Crippen LogP contribution in [0.1, 0.15) is 133 Å². The van der Waals surface area contributed by atoms with E-state index >= 15 is 0 Å². The average molecular weight is 333 g/mol. The zero-order valence-corrected chi connectivity index (χ0v) is 15.5.